The number of thiazole rings is 1. The third-order valence-electron chi connectivity index (χ3n) is 4.02. The van der Waals surface area contributed by atoms with Gasteiger partial charge in [0, 0.05) is 6.07 Å². The Labute approximate surface area is 169 Å². The van der Waals surface area contributed by atoms with Gasteiger partial charge in [-0.15, -0.1) is 0 Å². The van der Waals surface area contributed by atoms with Gasteiger partial charge in [-0.1, -0.05) is 17.4 Å². The van der Waals surface area contributed by atoms with E-state index in [0.717, 1.165) is 27.4 Å². The van der Waals surface area contributed by atoms with Crippen molar-refractivity contribution in [1.29, 1.82) is 0 Å². The zero-order valence-electron chi connectivity index (χ0n) is 15.8. The Morgan fingerprint density at radius 2 is 2.00 bits per heavy atom. The number of hydrogen-bond donors (Lipinski definition) is 1. The fraction of sp³-hybridized carbons (Fsp3) is 0.211. The molecule has 2 aromatic carbocycles. The van der Waals surface area contributed by atoms with Crippen molar-refractivity contribution in [3.8, 4) is 5.75 Å². The van der Waals surface area contributed by atoms with Crippen molar-refractivity contribution < 1.29 is 24.0 Å². The van der Waals surface area contributed by atoms with Gasteiger partial charge in [-0.2, -0.15) is 0 Å². The molecule has 0 spiro atoms. The number of rotatable bonds is 6. The molecule has 0 saturated heterocycles. The average molecular weight is 415 g/mol. The molecule has 0 aliphatic carbocycles. The number of ether oxygens (including phenoxy) is 2. The quantitative estimate of drug-likeness (QED) is 0.371. The van der Waals surface area contributed by atoms with E-state index in [4.69, 9.17) is 9.47 Å². The van der Waals surface area contributed by atoms with Crippen molar-refractivity contribution in [3.63, 3.8) is 0 Å². The molecule has 1 N–H and O–H groups in total. The van der Waals surface area contributed by atoms with Crippen molar-refractivity contribution >= 4 is 44.2 Å². The molecule has 9 nitrogen and oxygen atoms in total. The van der Waals surface area contributed by atoms with Crippen LogP contribution in [-0.2, 0) is 9.53 Å². The zero-order valence-corrected chi connectivity index (χ0v) is 16.7. The van der Waals surface area contributed by atoms with Crippen LogP contribution in [-0.4, -0.2) is 35.5 Å². The number of nitro benzene ring substituents is 1. The van der Waals surface area contributed by atoms with Gasteiger partial charge < -0.3 is 9.47 Å². The van der Waals surface area contributed by atoms with Crippen LogP contribution in [0.3, 0.4) is 0 Å². The lowest BCUT2D eigenvalue weighted by Crippen LogP contribution is -2.20. The summed E-state index contributed by atoms with van der Waals surface area (Å²) < 4.78 is 10.8. The predicted octanol–water partition coefficient (Wildman–Crippen LogP) is 3.63. The van der Waals surface area contributed by atoms with E-state index in [1.807, 2.05) is 26.0 Å². The van der Waals surface area contributed by atoms with Crippen LogP contribution in [0.4, 0.5) is 10.8 Å². The third kappa shape index (κ3) is 4.49. The highest BCUT2D eigenvalue weighted by Crippen LogP contribution is 2.29. The van der Waals surface area contributed by atoms with Gasteiger partial charge in [-0.25, -0.2) is 9.78 Å². The number of methoxy groups -OCH3 is 1. The van der Waals surface area contributed by atoms with Crippen molar-refractivity contribution in [1.82, 2.24) is 4.98 Å². The average Bonchev–Trinajstić information content (AvgIpc) is 3.07. The maximum Gasteiger partial charge on any atom is 0.338 e. The van der Waals surface area contributed by atoms with Gasteiger partial charge in [0.1, 0.15) is 0 Å². The zero-order chi connectivity index (χ0) is 21.1. The summed E-state index contributed by atoms with van der Waals surface area (Å²) in [7, 11) is 1.29. The van der Waals surface area contributed by atoms with E-state index in [-0.39, 0.29) is 17.0 Å². The van der Waals surface area contributed by atoms with Crippen LogP contribution in [0, 0.1) is 24.0 Å². The molecule has 0 unspecified atom stereocenters. The molecule has 0 atom stereocenters. The fourth-order valence-electron chi connectivity index (χ4n) is 2.75. The molecule has 0 saturated carbocycles. The van der Waals surface area contributed by atoms with Gasteiger partial charge in [0.15, 0.2) is 17.5 Å². The van der Waals surface area contributed by atoms with Crippen LogP contribution in [0.25, 0.3) is 10.2 Å². The third-order valence-corrected chi connectivity index (χ3v) is 4.94. The Balaban J connectivity index is 1.65. The second-order valence-electron chi connectivity index (χ2n) is 6.22. The van der Waals surface area contributed by atoms with E-state index in [9.17, 15) is 19.7 Å². The Kier molecular flexibility index (Phi) is 5.74. The number of benzene rings is 2. The highest BCUT2D eigenvalue weighted by Gasteiger charge is 2.20. The Bertz CT molecular complexity index is 1120. The minimum atomic E-state index is -0.860. The molecular weight excluding hydrogens is 398 g/mol. The van der Waals surface area contributed by atoms with Crippen LogP contribution < -0.4 is 10.1 Å². The molecule has 1 heterocycles. The molecule has 29 heavy (non-hydrogen) atoms. The van der Waals surface area contributed by atoms with Crippen LogP contribution >= 0.6 is 11.3 Å². The monoisotopic (exact) mass is 415 g/mol. The van der Waals surface area contributed by atoms with Crippen LogP contribution in [0.15, 0.2) is 30.3 Å². The summed E-state index contributed by atoms with van der Waals surface area (Å²) in [6.45, 7) is 3.37. The van der Waals surface area contributed by atoms with Crippen molar-refractivity contribution in [2.24, 2.45) is 0 Å². The molecule has 0 radical (unpaired) electrons. The van der Waals surface area contributed by atoms with E-state index in [1.54, 1.807) is 0 Å². The SMILES string of the molecule is COc1ccc(C(=O)OCC(=O)Nc2nc3c(C)cc(C)cc3s2)cc1[N+](=O)[O-]. The van der Waals surface area contributed by atoms with E-state index < -0.39 is 23.4 Å². The predicted molar refractivity (Wildman–Crippen MR) is 108 cm³/mol. The summed E-state index contributed by atoms with van der Waals surface area (Å²) in [6.07, 6.45) is 0. The maximum atomic E-state index is 12.1. The molecule has 10 heteroatoms. The smallest absolute Gasteiger partial charge is 0.338 e. The number of fused-ring (bicyclic) bond motifs is 1. The van der Waals surface area contributed by atoms with Gasteiger partial charge in [-0.3, -0.25) is 20.2 Å². The lowest BCUT2D eigenvalue weighted by molar-refractivity contribution is -0.385. The largest absolute Gasteiger partial charge is 0.490 e. The van der Waals surface area contributed by atoms with Gasteiger partial charge >= 0.3 is 11.7 Å². The number of amides is 1. The molecule has 150 valence electrons. The number of esters is 1. The first-order chi connectivity index (χ1) is 13.8. The lowest BCUT2D eigenvalue weighted by atomic mass is 10.1. The van der Waals surface area contributed by atoms with E-state index in [1.165, 1.54) is 30.6 Å². The molecule has 3 rings (SSSR count). The van der Waals surface area contributed by atoms with E-state index in [0.29, 0.717) is 5.13 Å². The molecule has 0 bridgehead atoms. The number of aromatic nitrogens is 1. The molecule has 1 aromatic heterocycles. The summed E-state index contributed by atoms with van der Waals surface area (Å²) in [4.78, 5) is 39.0. The number of anilines is 1. The number of nitrogens with zero attached hydrogens (tertiary/aromatic N) is 2. The van der Waals surface area contributed by atoms with Gasteiger partial charge in [0.25, 0.3) is 5.91 Å². The summed E-state index contributed by atoms with van der Waals surface area (Å²) in [5.74, 6) is -1.40. The second-order valence-corrected chi connectivity index (χ2v) is 7.25. The van der Waals surface area contributed by atoms with Gasteiger partial charge in [-0.05, 0) is 43.2 Å². The summed E-state index contributed by atoms with van der Waals surface area (Å²) in [5, 5.41) is 14.0. The number of carbonyl (C=O) groups is 2. The normalized spacial score (nSPS) is 10.6. The van der Waals surface area contributed by atoms with E-state index in [2.05, 4.69) is 10.3 Å². The highest BCUT2D eigenvalue weighted by molar-refractivity contribution is 7.22. The van der Waals surface area contributed by atoms with E-state index >= 15 is 0 Å². The molecular formula is C19H17N3O6S. The maximum absolute atomic E-state index is 12.1. The summed E-state index contributed by atoms with van der Waals surface area (Å²) in [5.41, 5.74) is 2.48. The Hall–Kier alpha value is -3.53. The van der Waals surface area contributed by atoms with Gasteiger partial charge in [0.2, 0.25) is 0 Å². The second kappa shape index (κ2) is 8.23. The lowest BCUT2D eigenvalue weighted by Gasteiger charge is -2.06. The molecule has 0 aliphatic heterocycles. The molecule has 3 aromatic rings. The Morgan fingerprint density at radius 1 is 1.24 bits per heavy atom. The van der Waals surface area contributed by atoms with Crippen LogP contribution in [0.5, 0.6) is 5.75 Å². The van der Waals surface area contributed by atoms with Crippen molar-refractivity contribution in [3.05, 3.63) is 57.1 Å². The number of nitro groups is 1. The minimum Gasteiger partial charge on any atom is -0.490 e. The first-order valence-corrected chi connectivity index (χ1v) is 9.27. The number of hydrogen-bond acceptors (Lipinski definition) is 8. The summed E-state index contributed by atoms with van der Waals surface area (Å²) in [6, 6.07) is 7.64. The van der Waals surface area contributed by atoms with Crippen molar-refractivity contribution in [2.45, 2.75) is 13.8 Å². The Morgan fingerprint density at radius 3 is 2.69 bits per heavy atom. The first kappa shape index (κ1) is 20.2. The number of carbonyl (C=O) groups excluding carboxylic acids is 2. The van der Waals surface area contributed by atoms with Crippen molar-refractivity contribution in [2.75, 3.05) is 19.0 Å². The number of aryl methyl sites for hydroxylation is 2. The fourth-order valence-corrected chi connectivity index (χ4v) is 3.81. The standard InChI is InChI=1S/C19H17N3O6S/c1-10-6-11(2)17-15(7-10)29-19(21-17)20-16(23)9-28-18(24)12-4-5-14(27-3)13(8-12)22(25)26/h4-8H,9H2,1-3H3,(H,20,21,23). The molecule has 1 amide bonds. The topological polar surface area (TPSA) is 121 Å². The molecule has 0 fully saturated rings. The van der Waals surface area contributed by atoms with Crippen LogP contribution in [0.1, 0.15) is 21.5 Å². The number of nitrogens with one attached hydrogen (secondary N) is 1. The van der Waals surface area contributed by atoms with Crippen LogP contribution in [0.2, 0.25) is 0 Å². The molecule has 0 aliphatic rings. The van der Waals surface area contributed by atoms with Gasteiger partial charge in [0.05, 0.1) is 27.8 Å². The first-order valence-electron chi connectivity index (χ1n) is 8.45. The summed E-state index contributed by atoms with van der Waals surface area (Å²) >= 11 is 1.32. The highest BCUT2D eigenvalue weighted by atomic mass is 32.1. The minimum absolute atomic E-state index is 0.0191.